The van der Waals surface area contributed by atoms with Crippen LogP contribution in [0.2, 0.25) is 0 Å². The molecule has 0 aliphatic rings. The van der Waals surface area contributed by atoms with Crippen molar-refractivity contribution in [1.82, 2.24) is 0 Å². The second-order valence-electron chi connectivity index (χ2n) is 3.08. The summed E-state index contributed by atoms with van der Waals surface area (Å²) >= 11 is 13.2. The van der Waals surface area contributed by atoms with E-state index in [1.54, 1.807) is 0 Å². The maximum atomic E-state index is 12.2. The molecule has 0 amide bonds. The summed E-state index contributed by atoms with van der Waals surface area (Å²) in [6.45, 7) is 1.99. The van der Waals surface area contributed by atoms with Crippen LogP contribution in [0.5, 0.6) is 0 Å². The van der Waals surface area contributed by atoms with E-state index in [0.29, 0.717) is 5.56 Å². The smallest absolute Gasteiger partial charge is 0.205 e. The Bertz CT molecular complexity index is 537. The van der Waals surface area contributed by atoms with Crippen LogP contribution in [0.25, 0.3) is 0 Å². The third-order valence-electron chi connectivity index (χ3n) is 1.98. The van der Waals surface area contributed by atoms with Gasteiger partial charge < -0.3 is 0 Å². The molecule has 2 rings (SSSR count). The molecule has 0 atom stereocenters. The Hall–Kier alpha value is 0.510. The molecule has 16 heavy (non-hydrogen) atoms. The van der Waals surface area contributed by atoms with Crippen molar-refractivity contribution in [3.63, 3.8) is 0 Å². The van der Waals surface area contributed by atoms with Crippen molar-refractivity contribution in [3.8, 4) is 0 Å². The summed E-state index contributed by atoms with van der Waals surface area (Å²) in [4.78, 5) is 14.1. The van der Waals surface area contributed by atoms with Gasteiger partial charge in [-0.3, -0.25) is 4.79 Å². The molecule has 0 spiro atoms. The Labute approximate surface area is 126 Å². The highest BCUT2D eigenvalue weighted by Crippen LogP contribution is 2.35. The van der Waals surface area contributed by atoms with Crippen LogP contribution < -0.4 is 0 Å². The van der Waals surface area contributed by atoms with Crippen LogP contribution in [0.3, 0.4) is 0 Å². The standard InChI is InChI=1S/C10H5Br3OS2/c1-4-6(11)3-7(15-4)9(14)5-2-8(12)16-10(5)13/h2-3H,1H3. The quantitative estimate of drug-likeness (QED) is 0.548. The molecule has 0 bridgehead atoms. The molecule has 2 aromatic heterocycles. The number of carbonyl (C=O) groups is 1. The van der Waals surface area contributed by atoms with E-state index in [9.17, 15) is 4.79 Å². The molecule has 2 heterocycles. The Kier molecular flexibility index (Phi) is 4.06. The van der Waals surface area contributed by atoms with Crippen molar-refractivity contribution < 1.29 is 4.79 Å². The number of ketones is 1. The lowest BCUT2D eigenvalue weighted by Crippen LogP contribution is -1.96. The first-order valence-corrected chi connectivity index (χ1v) is 8.25. The van der Waals surface area contributed by atoms with E-state index in [-0.39, 0.29) is 5.78 Å². The zero-order valence-electron chi connectivity index (χ0n) is 8.01. The first kappa shape index (κ1) is 13.0. The van der Waals surface area contributed by atoms with E-state index >= 15 is 0 Å². The average molecular weight is 445 g/mol. The molecular formula is C10H5Br3OS2. The fourth-order valence-corrected chi connectivity index (χ4v) is 5.48. The van der Waals surface area contributed by atoms with Crippen LogP contribution in [0.1, 0.15) is 20.1 Å². The maximum absolute atomic E-state index is 12.2. The van der Waals surface area contributed by atoms with Gasteiger partial charge in [-0.05, 0) is 66.8 Å². The van der Waals surface area contributed by atoms with Gasteiger partial charge in [-0.25, -0.2) is 0 Å². The van der Waals surface area contributed by atoms with E-state index in [4.69, 9.17) is 0 Å². The van der Waals surface area contributed by atoms with Crippen molar-refractivity contribution in [2.24, 2.45) is 0 Å². The predicted molar refractivity (Wildman–Crippen MR) is 79.9 cm³/mol. The molecule has 2 aromatic rings. The molecule has 6 heteroatoms. The number of rotatable bonds is 2. The van der Waals surface area contributed by atoms with E-state index < -0.39 is 0 Å². The van der Waals surface area contributed by atoms with Gasteiger partial charge in [0, 0.05) is 14.9 Å². The largest absolute Gasteiger partial charge is 0.288 e. The minimum absolute atomic E-state index is 0.0626. The van der Waals surface area contributed by atoms with Crippen molar-refractivity contribution in [3.05, 3.63) is 39.5 Å². The number of hydrogen-bond acceptors (Lipinski definition) is 3. The summed E-state index contributed by atoms with van der Waals surface area (Å²) in [5.74, 6) is 0.0626. The molecule has 0 radical (unpaired) electrons. The van der Waals surface area contributed by atoms with Gasteiger partial charge >= 0.3 is 0 Å². The van der Waals surface area contributed by atoms with Crippen molar-refractivity contribution >= 4 is 76.2 Å². The highest BCUT2D eigenvalue weighted by Gasteiger charge is 2.18. The molecule has 1 nitrogen and oxygen atoms in total. The van der Waals surface area contributed by atoms with E-state index in [1.165, 1.54) is 22.7 Å². The van der Waals surface area contributed by atoms with E-state index in [1.807, 2.05) is 19.1 Å². The molecule has 0 saturated carbocycles. The summed E-state index contributed by atoms with van der Waals surface area (Å²) in [5, 5.41) is 0. The van der Waals surface area contributed by atoms with Gasteiger partial charge in [-0.1, -0.05) is 0 Å². The lowest BCUT2D eigenvalue weighted by atomic mass is 10.2. The molecule has 84 valence electrons. The van der Waals surface area contributed by atoms with Crippen molar-refractivity contribution in [1.29, 1.82) is 0 Å². The average Bonchev–Trinajstić information content (AvgIpc) is 2.70. The highest BCUT2D eigenvalue weighted by atomic mass is 79.9. The molecule has 0 saturated heterocycles. The Morgan fingerprint density at radius 3 is 2.31 bits per heavy atom. The van der Waals surface area contributed by atoms with Gasteiger partial charge in [0.25, 0.3) is 0 Å². The molecule has 0 N–H and O–H groups in total. The predicted octanol–water partition coefficient (Wildman–Crippen LogP) is 5.64. The summed E-state index contributed by atoms with van der Waals surface area (Å²) in [6.07, 6.45) is 0. The summed E-state index contributed by atoms with van der Waals surface area (Å²) in [5.41, 5.74) is 0.714. The number of hydrogen-bond donors (Lipinski definition) is 0. The topological polar surface area (TPSA) is 17.1 Å². The van der Waals surface area contributed by atoms with Crippen molar-refractivity contribution in [2.45, 2.75) is 6.92 Å². The Morgan fingerprint density at radius 1 is 1.19 bits per heavy atom. The van der Waals surface area contributed by atoms with Gasteiger partial charge in [0.2, 0.25) is 5.78 Å². The summed E-state index contributed by atoms with van der Waals surface area (Å²) in [7, 11) is 0. The normalized spacial score (nSPS) is 10.8. The van der Waals surface area contributed by atoms with Gasteiger partial charge in [-0.15, -0.1) is 22.7 Å². The second kappa shape index (κ2) is 5.02. The Morgan fingerprint density at radius 2 is 1.88 bits per heavy atom. The SMILES string of the molecule is Cc1sc(C(=O)c2cc(Br)sc2Br)cc1Br. The summed E-state index contributed by atoms with van der Waals surface area (Å²) in [6, 6.07) is 3.72. The molecular weight excluding hydrogens is 440 g/mol. The fourth-order valence-electron chi connectivity index (χ4n) is 1.20. The monoisotopic (exact) mass is 442 g/mol. The lowest BCUT2D eigenvalue weighted by Gasteiger charge is -1.93. The number of carbonyl (C=O) groups excluding carboxylic acids is 1. The fraction of sp³-hybridized carbons (Fsp3) is 0.100. The molecule has 0 unspecified atom stereocenters. The van der Waals surface area contributed by atoms with Gasteiger partial charge in [0.15, 0.2) is 0 Å². The number of aryl methyl sites for hydroxylation is 1. The molecule has 0 fully saturated rings. The summed E-state index contributed by atoms with van der Waals surface area (Å²) < 4.78 is 2.81. The molecule has 0 aliphatic heterocycles. The zero-order chi connectivity index (χ0) is 11.9. The van der Waals surface area contributed by atoms with E-state index in [0.717, 1.165) is 21.8 Å². The van der Waals surface area contributed by atoms with Crippen LogP contribution >= 0.6 is 70.5 Å². The third-order valence-corrected chi connectivity index (χ3v) is 6.46. The lowest BCUT2D eigenvalue weighted by molar-refractivity contribution is 0.104. The van der Waals surface area contributed by atoms with Crippen LogP contribution in [0.15, 0.2) is 24.2 Å². The highest BCUT2D eigenvalue weighted by molar-refractivity contribution is 9.12. The maximum Gasteiger partial charge on any atom is 0.205 e. The van der Waals surface area contributed by atoms with Crippen LogP contribution in [-0.4, -0.2) is 5.78 Å². The number of thiophene rings is 2. The third kappa shape index (κ3) is 2.51. The van der Waals surface area contributed by atoms with Crippen LogP contribution in [0.4, 0.5) is 0 Å². The minimum Gasteiger partial charge on any atom is -0.288 e. The van der Waals surface area contributed by atoms with Gasteiger partial charge in [-0.2, -0.15) is 0 Å². The zero-order valence-corrected chi connectivity index (χ0v) is 14.4. The molecule has 0 aromatic carbocycles. The molecule has 0 aliphatic carbocycles. The van der Waals surface area contributed by atoms with E-state index in [2.05, 4.69) is 47.8 Å². The minimum atomic E-state index is 0.0626. The second-order valence-corrected chi connectivity index (χ2v) is 8.94. The Balaban J connectivity index is 2.42. The first-order chi connectivity index (χ1) is 7.49. The van der Waals surface area contributed by atoms with Crippen molar-refractivity contribution in [2.75, 3.05) is 0 Å². The number of halogens is 3. The van der Waals surface area contributed by atoms with Gasteiger partial charge in [0.05, 0.1) is 12.4 Å². The first-order valence-electron chi connectivity index (χ1n) is 4.24. The van der Waals surface area contributed by atoms with Crippen LogP contribution in [0, 0.1) is 6.92 Å². The van der Waals surface area contributed by atoms with Gasteiger partial charge in [0.1, 0.15) is 0 Å². The van der Waals surface area contributed by atoms with Crippen LogP contribution in [-0.2, 0) is 0 Å².